The fourth-order valence-corrected chi connectivity index (χ4v) is 7.45. The van der Waals surface area contributed by atoms with Crippen LogP contribution in [0.15, 0.2) is 12.7 Å². The summed E-state index contributed by atoms with van der Waals surface area (Å²) in [6.45, 7) is 11.9. The average molecular weight is 348 g/mol. The number of hydrogen-bond acceptors (Lipinski definition) is 4. The lowest BCUT2D eigenvalue weighted by atomic mass is 9.48. The predicted octanol–water partition coefficient (Wildman–Crippen LogP) is 3.90. The van der Waals surface area contributed by atoms with Gasteiger partial charge >= 0.3 is 0 Å². The van der Waals surface area contributed by atoms with E-state index < -0.39 is 5.79 Å². The fraction of sp³-hybridized carbons (Fsp3) is 0.905. The lowest BCUT2D eigenvalue weighted by Crippen LogP contribution is -2.61. The van der Waals surface area contributed by atoms with E-state index in [1.807, 2.05) is 0 Å². The second-order valence-corrected chi connectivity index (χ2v) is 9.30. The van der Waals surface area contributed by atoms with E-state index in [1.54, 1.807) is 0 Å². The molecule has 3 saturated carbocycles. The van der Waals surface area contributed by atoms with Gasteiger partial charge in [-0.2, -0.15) is 0 Å². The summed E-state index contributed by atoms with van der Waals surface area (Å²) in [6.07, 6.45) is 8.94. The van der Waals surface area contributed by atoms with Crippen LogP contribution in [0.1, 0.15) is 52.4 Å². The van der Waals surface area contributed by atoms with Crippen LogP contribution in [0.5, 0.6) is 0 Å². The maximum atomic E-state index is 6.23. The van der Waals surface area contributed by atoms with Crippen LogP contribution in [0.25, 0.3) is 0 Å². The Morgan fingerprint density at radius 3 is 1.96 bits per heavy atom. The molecule has 0 amide bonds. The Morgan fingerprint density at radius 2 is 1.32 bits per heavy atom. The van der Waals surface area contributed by atoms with Crippen molar-refractivity contribution in [2.24, 2.45) is 28.6 Å². The van der Waals surface area contributed by atoms with Gasteiger partial charge in [-0.15, -0.1) is 6.58 Å². The number of rotatable bonds is 1. The van der Waals surface area contributed by atoms with Gasteiger partial charge in [-0.3, -0.25) is 0 Å². The molecular weight excluding hydrogens is 316 g/mol. The first-order valence-corrected chi connectivity index (χ1v) is 10.2. The summed E-state index contributed by atoms with van der Waals surface area (Å²) >= 11 is 0. The maximum absolute atomic E-state index is 6.23. The summed E-state index contributed by atoms with van der Waals surface area (Å²) < 4.78 is 24.9. The summed E-state index contributed by atoms with van der Waals surface area (Å²) in [6, 6.07) is 0. The third-order valence-corrected chi connectivity index (χ3v) is 8.81. The number of ether oxygens (including phenoxy) is 4. The molecule has 5 rings (SSSR count). The van der Waals surface area contributed by atoms with E-state index in [-0.39, 0.29) is 16.6 Å². The van der Waals surface area contributed by atoms with Crippen LogP contribution in [-0.2, 0) is 18.9 Å². The molecule has 4 heteroatoms. The number of hydrogen-bond donors (Lipinski definition) is 0. The van der Waals surface area contributed by atoms with Gasteiger partial charge in [-0.25, -0.2) is 0 Å². The fourth-order valence-electron chi connectivity index (χ4n) is 7.45. The van der Waals surface area contributed by atoms with E-state index in [4.69, 9.17) is 18.9 Å². The lowest BCUT2D eigenvalue weighted by molar-refractivity contribution is -0.287. The zero-order valence-corrected chi connectivity index (χ0v) is 15.7. The zero-order chi connectivity index (χ0) is 17.3. The van der Waals surface area contributed by atoms with Crippen LogP contribution in [0, 0.1) is 28.6 Å². The van der Waals surface area contributed by atoms with Crippen molar-refractivity contribution < 1.29 is 18.9 Å². The third kappa shape index (κ3) is 1.87. The Hall–Kier alpha value is -0.420. The Balaban J connectivity index is 1.50. The van der Waals surface area contributed by atoms with Crippen molar-refractivity contribution in [3.05, 3.63) is 12.7 Å². The van der Waals surface area contributed by atoms with Crippen LogP contribution in [0.3, 0.4) is 0 Å². The maximum Gasteiger partial charge on any atom is 0.177 e. The third-order valence-electron chi connectivity index (χ3n) is 8.81. The van der Waals surface area contributed by atoms with E-state index >= 15 is 0 Å². The standard InChI is InChI=1S/C21H32O4/c1-4-18(2)16-6-8-19(3)17(7-10-21(19)24-13-14-25-21)15(16)5-9-20(18)22-11-12-23-20/h4,15-17H,1,5-14H2,2-3H3/t15-,16+,17+,18-,19+/m1/s1. The van der Waals surface area contributed by atoms with Crippen molar-refractivity contribution in [3.8, 4) is 0 Å². The van der Waals surface area contributed by atoms with Gasteiger partial charge in [0, 0.05) is 23.7 Å². The molecule has 140 valence electrons. The minimum atomic E-state index is -0.444. The SMILES string of the molecule is C=C[C@]1(C)[C@H]2CC[C@@]3(C)[C@@H](CCC34OCCO4)[C@@H]2CCC12OCCO2. The Bertz CT molecular complexity index is 562. The van der Waals surface area contributed by atoms with Gasteiger partial charge in [0.25, 0.3) is 0 Å². The lowest BCUT2D eigenvalue weighted by Gasteiger charge is -2.60. The Kier molecular flexibility index (Phi) is 3.55. The first-order valence-electron chi connectivity index (χ1n) is 10.2. The minimum absolute atomic E-state index is 0.110. The molecule has 2 aliphatic heterocycles. The number of fused-ring (bicyclic) bond motifs is 4. The van der Waals surface area contributed by atoms with Crippen LogP contribution in [0.4, 0.5) is 0 Å². The Labute approximate surface area is 151 Å². The molecule has 2 heterocycles. The second kappa shape index (κ2) is 5.31. The van der Waals surface area contributed by atoms with Gasteiger partial charge in [0.05, 0.1) is 26.4 Å². The molecule has 2 saturated heterocycles. The molecule has 0 radical (unpaired) electrons. The topological polar surface area (TPSA) is 36.9 Å². The highest BCUT2D eigenvalue weighted by molar-refractivity contribution is 5.17. The molecule has 3 aliphatic carbocycles. The van der Waals surface area contributed by atoms with Gasteiger partial charge in [-0.05, 0) is 43.4 Å². The molecule has 5 atom stereocenters. The van der Waals surface area contributed by atoms with Gasteiger partial charge < -0.3 is 18.9 Å². The van der Waals surface area contributed by atoms with Crippen molar-refractivity contribution in [2.45, 2.75) is 63.9 Å². The van der Waals surface area contributed by atoms with Crippen molar-refractivity contribution in [1.82, 2.24) is 0 Å². The first-order chi connectivity index (χ1) is 12.0. The molecule has 0 aromatic carbocycles. The molecule has 4 nitrogen and oxygen atoms in total. The molecule has 0 bridgehead atoms. The first kappa shape index (κ1) is 16.7. The van der Waals surface area contributed by atoms with Crippen LogP contribution in [0.2, 0.25) is 0 Å². The molecule has 25 heavy (non-hydrogen) atoms. The van der Waals surface area contributed by atoms with E-state index in [2.05, 4.69) is 26.5 Å². The molecule has 5 fully saturated rings. The van der Waals surface area contributed by atoms with Crippen molar-refractivity contribution >= 4 is 0 Å². The molecule has 0 unspecified atom stereocenters. The van der Waals surface area contributed by atoms with Crippen LogP contribution >= 0.6 is 0 Å². The molecule has 0 N–H and O–H groups in total. The van der Waals surface area contributed by atoms with E-state index in [0.29, 0.717) is 31.0 Å². The van der Waals surface area contributed by atoms with Gasteiger partial charge in [0.2, 0.25) is 0 Å². The normalized spacial score (nSPS) is 50.1. The highest BCUT2D eigenvalue weighted by Gasteiger charge is 2.69. The summed E-state index contributed by atoms with van der Waals surface area (Å²) in [4.78, 5) is 0. The van der Waals surface area contributed by atoms with Crippen LogP contribution < -0.4 is 0 Å². The van der Waals surface area contributed by atoms with E-state index in [0.717, 1.165) is 26.1 Å². The predicted molar refractivity (Wildman–Crippen MR) is 93.9 cm³/mol. The van der Waals surface area contributed by atoms with Gasteiger partial charge in [0.1, 0.15) is 0 Å². The van der Waals surface area contributed by atoms with Gasteiger partial charge in [-0.1, -0.05) is 19.9 Å². The van der Waals surface area contributed by atoms with E-state index in [9.17, 15) is 0 Å². The van der Waals surface area contributed by atoms with Crippen molar-refractivity contribution in [3.63, 3.8) is 0 Å². The van der Waals surface area contributed by atoms with Crippen LogP contribution in [-0.4, -0.2) is 38.0 Å². The average Bonchev–Trinajstić information content (AvgIpc) is 3.34. The molecule has 0 aromatic heterocycles. The summed E-state index contributed by atoms with van der Waals surface area (Å²) in [5.74, 6) is 1.17. The molecular formula is C21H32O4. The quantitative estimate of drug-likeness (QED) is 0.674. The zero-order valence-electron chi connectivity index (χ0n) is 15.7. The molecule has 2 spiro atoms. The smallest absolute Gasteiger partial charge is 0.177 e. The second-order valence-electron chi connectivity index (χ2n) is 9.30. The Morgan fingerprint density at radius 1 is 0.760 bits per heavy atom. The molecule has 5 aliphatic rings. The van der Waals surface area contributed by atoms with Crippen molar-refractivity contribution in [1.29, 1.82) is 0 Å². The van der Waals surface area contributed by atoms with Crippen molar-refractivity contribution in [2.75, 3.05) is 26.4 Å². The summed E-state index contributed by atoms with van der Waals surface area (Å²) in [7, 11) is 0. The minimum Gasteiger partial charge on any atom is -0.347 e. The van der Waals surface area contributed by atoms with Gasteiger partial charge in [0.15, 0.2) is 11.6 Å². The highest BCUT2D eigenvalue weighted by Crippen LogP contribution is 2.69. The highest BCUT2D eigenvalue weighted by atomic mass is 16.7. The largest absolute Gasteiger partial charge is 0.347 e. The summed E-state index contributed by atoms with van der Waals surface area (Å²) in [5.41, 5.74) is 0.0372. The van der Waals surface area contributed by atoms with E-state index in [1.165, 1.54) is 25.7 Å². The summed E-state index contributed by atoms with van der Waals surface area (Å²) in [5, 5.41) is 0. The monoisotopic (exact) mass is 348 g/mol. The molecule has 0 aromatic rings.